The quantitative estimate of drug-likeness (QED) is 0.816. The maximum atomic E-state index is 13.6. The summed E-state index contributed by atoms with van der Waals surface area (Å²) in [4.78, 5) is 0.631. The number of nitrogens with two attached hydrogens (primary N) is 1. The van der Waals surface area contributed by atoms with E-state index in [2.05, 4.69) is 5.10 Å². The molecule has 0 saturated heterocycles. The van der Waals surface area contributed by atoms with Crippen LogP contribution in [0.25, 0.3) is 11.1 Å². The molecule has 0 atom stereocenters. The predicted molar refractivity (Wildman–Crippen MR) is 64.8 cm³/mol. The number of benzene rings is 1. The summed E-state index contributed by atoms with van der Waals surface area (Å²) in [5, 5.41) is 4.03. The summed E-state index contributed by atoms with van der Waals surface area (Å²) >= 11 is 1.38. The molecule has 1 aromatic carbocycles. The van der Waals surface area contributed by atoms with E-state index in [4.69, 9.17) is 5.73 Å². The number of rotatable bonds is 2. The van der Waals surface area contributed by atoms with E-state index in [1.165, 1.54) is 17.8 Å². The first kappa shape index (κ1) is 11.0. The Labute approximate surface area is 97.5 Å². The minimum absolute atomic E-state index is 0.228. The fourth-order valence-corrected chi connectivity index (χ4v) is 1.96. The first-order chi connectivity index (χ1) is 7.63. The van der Waals surface area contributed by atoms with E-state index in [0.717, 1.165) is 11.1 Å². The molecule has 2 rings (SSSR count). The van der Waals surface area contributed by atoms with Crippen LogP contribution in [0.5, 0.6) is 0 Å². The highest BCUT2D eigenvalue weighted by Gasteiger charge is 2.09. The molecular weight excluding hydrogens is 225 g/mol. The highest BCUT2D eigenvalue weighted by atomic mass is 32.2. The van der Waals surface area contributed by atoms with Crippen LogP contribution in [-0.2, 0) is 7.05 Å². The Morgan fingerprint density at radius 1 is 1.44 bits per heavy atom. The van der Waals surface area contributed by atoms with Crippen LogP contribution in [-0.4, -0.2) is 16.0 Å². The average molecular weight is 237 g/mol. The molecule has 0 bridgehead atoms. The molecule has 5 heteroatoms. The molecule has 0 radical (unpaired) electrons. The molecule has 1 aromatic heterocycles. The van der Waals surface area contributed by atoms with E-state index < -0.39 is 0 Å². The number of nitrogen functional groups attached to an aromatic ring is 1. The monoisotopic (exact) mass is 237 g/mol. The van der Waals surface area contributed by atoms with Gasteiger partial charge in [-0.3, -0.25) is 4.68 Å². The first-order valence-corrected chi connectivity index (χ1v) is 5.97. The highest BCUT2D eigenvalue weighted by molar-refractivity contribution is 7.98. The van der Waals surface area contributed by atoms with Crippen molar-refractivity contribution in [1.82, 2.24) is 9.78 Å². The molecule has 3 nitrogen and oxygen atoms in total. The minimum atomic E-state index is -0.228. The van der Waals surface area contributed by atoms with Gasteiger partial charge in [0.05, 0.1) is 6.20 Å². The lowest BCUT2D eigenvalue weighted by Crippen LogP contribution is -1.98. The summed E-state index contributed by atoms with van der Waals surface area (Å²) in [6.45, 7) is 0. The summed E-state index contributed by atoms with van der Waals surface area (Å²) < 4.78 is 15.2. The maximum absolute atomic E-state index is 13.6. The smallest absolute Gasteiger partial charge is 0.137 e. The summed E-state index contributed by atoms with van der Waals surface area (Å²) in [6, 6.07) is 5.09. The van der Waals surface area contributed by atoms with Gasteiger partial charge in [0.1, 0.15) is 11.6 Å². The molecule has 2 N–H and O–H groups in total. The van der Waals surface area contributed by atoms with Gasteiger partial charge in [0, 0.05) is 17.5 Å². The zero-order valence-corrected chi connectivity index (χ0v) is 9.88. The lowest BCUT2D eigenvalue weighted by atomic mass is 10.1. The predicted octanol–water partition coefficient (Wildman–Crippen LogP) is 2.53. The SMILES string of the molecule is CSc1ccc(-c2cnn(C)c2N)cc1F. The Bertz CT molecular complexity index is 522. The molecule has 0 aliphatic carbocycles. The van der Waals surface area contributed by atoms with Gasteiger partial charge < -0.3 is 5.73 Å². The lowest BCUT2D eigenvalue weighted by Gasteiger charge is -2.03. The van der Waals surface area contributed by atoms with Crippen molar-refractivity contribution in [1.29, 1.82) is 0 Å². The molecule has 1 heterocycles. The second-order valence-corrected chi connectivity index (χ2v) is 4.26. The van der Waals surface area contributed by atoms with Crippen LogP contribution in [0.15, 0.2) is 29.3 Å². The van der Waals surface area contributed by atoms with Gasteiger partial charge in [0.15, 0.2) is 0 Å². The van der Waals surface area contributed by atoms with Crippen molar-refractivity contribution in [2.75, 3.05) is 12.0 Å². The summed E-state index contributed by atoms with van der Waals surface area (Å²) in [5.41, 5.74) is 7.34. The molecule has 0 spiro atoms. The number of aromatic nitrogens is 2. The number of halogens is 1. The summed E-state index contributed by atoms with van der Waals surface area (Å²) in [7, 11) is 1.76. The van der Waals surface area contributed by atoms with Gasteiger partial charge in [-0.25, -0.2) is 4.39 Å². The third kappa shape index (κ3) is 1.78. The number of nitrogens with zero attached hydrogens (tertiary/aromatic N) is 2. The number of anilines is 1. The van der Waals surface area contributed by atoms with Crippen molar-refractivity contribution >= 4 is 17.6 Å². The second kappa shape index (κ2) is 4.17. The van der Waals surface area contributed by atoms with E-state index in [0.29, 0.717) is 10.7 Å². The average Bonchev–Trinajstić information content (AvgIpc) is 2.60. The molecule has 0 aliphatic rings. The van der Waals surface area contributed by atoms with E-state index in [1.54, 1.807) is 24.0 Å². The molecular formula is C11H12FN3S. The Morgan fingerprint density at radius 2 is 2.19 bits per heavy atom. The molecule has 0 amide bonds. The van der Waals surface area contributed by atoms with Crippen molar-refractivity contribution in [3.8, 4) is 11.1 Å². The zero-order chi connectivity index (χ0) is 11.7. The van der Waals surface area contributed by atoms with Gasteiger partial charge in [-0.15, -0.1) is 11.8 Å². The van der Waals surface area contributed by atoms with Gasteiger partial charge in [-0.2, -0.15) is 5.10 Å². The number of aryl methyl sites for hydroxylation is 1. The normalized spacial score (nSPS) is 10.7. The lowest BCUT2D eigenvalue weighted by molar-refractivity contribution is 0.603. The van der Waals surface area contributed by atoms with Gasteiger partial charge in [0.25, 0.3) is 0 Å². The largest absolute Gasteiger partial charge is 0.383 e. The number of hydrogen-bond acceptors (Lipinski definition) is 3. The van der Waals surface area contributed by atoms with Crippen LogP contribution in [0.4, 0.5) is 10.2 Å². The van der Waals surface area contributed by atoms with Crippen LogP contribution >= 0.6 is 11.8 Å². The summed E-state index contributed by atoms with van der Waals surface area (Å²) in [6.07, 6.45) is 3.49. The van der Waals surface area contributed by atoms with Crippen molar-refractivity contribution in [3.05, 3.63) is 30.2 Å². The van der Waals surface area contributed by atoms with Gasteiger partial charge in [0.2, 0.25) is 0 Å². The van der Waals surface area contributed by atoms with Crippen LogP contribution in [0, 0.1) is 5.82 Å². The standard InChI is InChI=1S/C11H12FN3S/c1-15-11(13)8(6-14-15)7-3-4-10(16-2)9(12)5-7/h3-6H,13H2,1-2H3. The molecule has 84 valence electrons. The molecule has 0 unspecified atom stereocenters. The maximum Gasteiger partial charge on any atom is 0.137 e. The van der Waals surface area contributed by atoms with Crippen LogP contribution in [0.2, 0.25) is 0 Å². The molecule has 0 fully saturated rings. The molecule has 0 aliphatic heterocycles. The van der Waals surface area contributed by atoms with Crippen molar-refractivity contribution in [3.63, 3.8) is 0 Å². The fraction of sp³-hybridized carbons (Fsp3) is 0.182. The number of thioether (sulfide) groups is 1. The van der Waals surface area contributed by atoms with Gasteiger partial charge >= 0.3 is 0 Å². The zero-order valence-electron chi connectivity index (χ0n) is 9.07. The third-order valence-corrected chi connectivity index (χ3v) is 3.22. The Hall–Kier alpha value is -1.49. The molecule has 16 heavy (non-hydrogen) atoms. The van der Waals surface area contributed by atoms with Crippen LogP contribution in [0.1, 0.15) is 0 Å². The first-order valence-electron chi connectivity index (χ1n) is 4.75. The molecule has 2 aromatic rings. The Kier molecular flexibility index (Phi) is 2.87. The summed E-state index contributed by atoms with van der Waals surface area (Å²) in [5.74, 6) is 0.310. The number of hydrogen-bond donors (Lipinski definition) is 1. The topological polar surface area (TPSA) is 43.8 Å². The van der Waals surface area contributed by atoms with E-state index in [9.17, 15) is 4.39 Å². The van der Waals surface area contributed by atoms with Gasteiger partial charge in [-0.1, -0.05) is 6.07 Å². The Morgan fingerprint density at radius 3 is 2.69 bits per heavy atom. The van der Waals surface area contributed by atoms with E-state index in [-0.39, 0.29) is 5.82 Å². The Balaban J connectivity index is 2.49. The van der Waals surface area contributed by atoms with Crippen molar-refractivity contribution in [2.24, 2.45) is 7.05 Å². The highest BCUT2D eigenvalue weighted by Crippen LogP contribution is 2.29. The van der Waals surface area contributed by atoms with Crippen LogP contribution < -0.4 is 5.73 Å². The van der Waals surface area contributed by atoms with Crippen LogP contribution in [0.3, 0.4) is 0 Å². The van der Waals surface area contributed by atoms with E-state index >= 15 is 0 Å². The minimum Gasteiger partial charge on any atom is -0.383 e. The second-order valence-electron chi connectivity index (χ2n) is 3.42. The third-order valence-electron chi connectivity index (χ3n) is 2.45. The fourth-order valence-electron chi connectivity index (χ4n) is 1.50. The molecule has 0 saturated carbocycles. The van der Waals surface area contributed by atoms with E-state index in [1.807, 2.05) is 12.3 Å². The van der Waals surface area contributed by atoms with Gasteiger partial charge in [-0.05, 0) is 24.0 Å². The van der Waals surface area contributed by atoms with Crippen molar-refractivity contribution < 1.29 is 4.39 Å². The van der Waals surface area contributed by atoms with Crippen molar-refractivity contribution in [2.45, 2.75) is 4.90 Å².